The Morgan fingerprint density at radius 2 is 1.64 bits per heavy atom. The van der Waals surface area contributed by atoms with E-state index in [4.69, 9.17) is 4.74 Å². The average molecular weight is 378 g/mol. The van der Waals surface area contributed by atoms with Crippen LogP contribution in [0.5, 0.6) is 5.75 Å². The predicted molar refractivity (Wildman–Crippen MR) is 112 cm³/mol. The summed E-state index contributed by atoms with van der Waals surface area (Å²) in [7, 11) is 0. The minimum atomic E-state index is -0.393. The van der Waals surface area contributed by atoms with Gasteiger partial charge in [-0.25, -0.2) is 0 Å². The maximum absolute atomic E-state index is 13.7. The van der Waals surface area contributed by atoms with Crippen LogP contribution in [0.15, 0.2) is 54.6 Å². The zero-order chi connectivity index (χ0) is 19.6. The fourth-order valence-corrected chi connectivity index (χ4v) is 5.11. The molecule has 0 spiro atoms. The van der Waals surface area contributed by atoms with Crippen LogP contribution < -0.4 is 10.1 Å². The van der Waals surface area contributed by atoms with Crippen LogP contribution in [0.4, 0.5) is 0 Å². The van der Waals surface area contributed by atoms with Crippen molar-refractivity contribution in [2.45, 2.75) is 75.9 Å². The van der Waals surface area contributed by atoms with Crippen molar-refractivity contribution < 1.29 is 9.53 Å². The van der Waals surface area contributed by atoms with E-state index in [0.29, 0.717) is 0 Å². The van der Waals surface area contributed by atoms with Crippen LogP contribution in [-0.4, -0.2) is 11.5 Å². The third kappa shape index (κ3) is 3.21. The van der Waals surface area contributed by atoms with E-state index in [9.17, 15) is 4.79 Å². The lowest BCUT2D eigenvalue weighted by molar-refractivity contribution is -0.128. The molecule has 1 aliphatic heterocycles. The Kier molecular flexibility index (Phi) is 5.18. The molecule has 1 fully saturated rings. The highest BCUT2D eigenvalue weighted by atomic mass is 16.5. The number of carbonyl (C=O) groups is 1. The van der Waals surface area contributed by atoms with Crippen LogP contribution in [0.3, 0.4) is 0 Å². The molecule has 1 amide bonds. The van der Waals surface area contributed by atoms with Gasteiger partial charge in [0.2, 0.25) is 5.91 Å². The molecule has 148 valence electrons. The van der Waals surface area contributed by atoms with Gasteiger partial charge in [-0.3, -0.25) is 4.79 Å². The standard InChI is InChI=1S/C25H31NO2/c1-3-24(4-2)18-21(20-14-8-9-15-22(20)28-24)26-23(27)25(16-10-11-17-25)19-12-6-5-7-13-19/h5-9,12-15,21H,3-4,10-11,16-18H2,1-2H3,(H,26,27)/t21-/m1/s1. The van der Waals surface area contributed by atoms with Gasteiger partial charge in [-0.1, -0.05) is 75.2 Å². The summed E-state index contributed by atoms with van der Waals surface area (Å²) in [5, 5.41) is 3.46. The zero-order valence-electron chi connectivity index (χ0n) is 17.0. The Morgan fingerprint density at radius 3 is 2.32 bits per heavy atom. The molecule has 0 bridgehead atoms. The molecule has 1 heterocycles. The number of amides is 1. The van der Waals surface area contributed by atoms with Gasteiger partial charge in [0.25, 0.3) is 0 Å². The second kappa shape index (κ2) is 7.62. The second-order valence-corrected chi connectivity index (χ2v) is 8.42. The van der Waals surface area contributed by atoms with Crippen LogP contribution in [0, 0.1) is 0 Å². The molecular formula is C25H31NO2. The van der Waals surface area contributed by atoms with E-state index < -0.39 is 5.41 Å². The van der Waals surface area contributed by atoms with Crippen molar-refractivity contribution in [1.29, 1.82) is 0 Å². The van der Waals surface area contributed by atoms with E-state index in [1.807, 2.05) is 36.4 Å². The number of rotatable bonds is 5. The van der Waals surface area contributed by atoms with Gasteiger partial charge in [0.15, 0.2) is 0 Å². The molecule has 1 aliphatic carbocycles. The third-order valence-corrected chi connectivity index (χ3v) is 7.01. The molecule has 0 aromatic heterocycles. The fraction of sp³-hybridized carbons (Fsp3) is 0.480. The van der Waals surface area contributed by atoms with Crippen molar-refractivity contribution in [2.75, 3.05) is 0 Å². The van der Waals surface area contributed by atoms with E-state index in [1.54, 1.807) is 0 Å². The molecule has 0 saturated heterocycles. The van der Waals surface area contributed by atoms with E-state index in [2.05, 4.69) is 37.4 Å². The monoisotopic (exact) mass is 377 g/mol. The number of carbonyl (C=O) groups excluding carboxylic acids is 1. The Balaban J connectivity index is 1.66. The molecular weight excluding hydrogens is 346 g/mol. The van der Waals surface area contributed by atoms with E-state index in [0.717, 1.165) is 61.8 Å². The van der Waals surface area contributed by atoms with Crippen molar-refractivity contribution in [2.24, 2.45) is 0 Å². The van der Waals surface area contributed by atoms with Crippen molar-refractivity contribution in [3.05, 3.63) is 65.7 Å². The molecule has 0 radical (unpaired) electrons. The summed E-state index contributed by atoms with van der Waals surface area (Å²) >= 11 is 0. The van der Waals surface area contributed by atoms with Crippen molar-refractivity contribution in [3.63, 3.8) is 0 Å². The lowest BCUT2D eigenvalue weighted by atomic mass is 9.77. The first-order valence-electron chi connectivity index (χ1n) is 10.8. The van der Waals surface area contributed by atoms with Crippen LogP contribution in [-0.2, 0) is 10.2 Å². The fourth-order valence-electron chi connectivity index (χ4n) is 5.11. The molecule has 1 saturated carbocycles. The molecule has 2 aromatic carbocycles. The van der Waals surface area contributed by atoms with Crippen LogP contribution in [0.2, 0.25) is 0 Å². The SMILES string of the molecule is CCC1(CC)C[C@@H](NC(=O)C2(c3ccccc3)CCCC2)c2ccccc2O1. The number of para-hydroxylation sites is 1. The summed E-state index contributed by atoms with van der Waals surface area (Å²) in [6, 6.07) is 18.5. The summed E-state index contributed by atoms with van der Waals surface area (Å²) in [5.74, 6) is 1.10. The van der Waals surface area contributed by atoms with E-state index in [1.165, 1.54) is 0 Å². The minimum Gasteiger partial charge on any atom is -0.487 e. The summed E-state index contributed by atoms with van der Waals surface area (Å²) in [6.07, 6.45) is 6.79. The largest absolute Gasteiger partial charge is 0.487 e. The number of nitrogens with one attached hydrogen (secondary N) is 1. The smallest absolute Gasteiger partial charge is 0.231 e. The Morgan fingerprint density at radius 1 is 1.00 bits per heavy atom. The molecule has 1 atom stereocenters. The topological polar surface area (TPSA) is 38.3 Å². The van der Waals surface area contributed by atoms with Gasteiger partial charge in [0, 0.05) is 12.0 Å². The normalized spacial score (nSPS) is 22.1. The van der Waals surface area contributed by atoms with Crippen molar-refractivity contribution >= 4 is 5.91 Å². The second-order valence-electron chi connectivity index (χ2n) is 8.42. The number of hydrogen-bond acceptors (Lipinski definition) is 2. The molecule has 1 N–H and O–H groups in total. The number of ether oxygens (including phenoxy) is 1. The molecule has 0 unspecified atom stereocenters. The summed E-state index contributed by atoms with van der Waals surface area (Å²) in [4.78, 5) is 13.7. The quantitative estimate of drug-likeness (QED) is 0.726. The van der Waals surface area contributed by atoms with E-state index >= 15 is 0 Å². The van der Waals surface area contributed by atoms with Gasteiger partial charge >= 0.3 is 0 Å². The highest BCUT2D eigenvalue weighted by molar-refractivity contribution is 5.89. The first-order chi connectivity index (χ1) is 13.6. The summed E-state index contributed by atoms with van der Waals surface area (Å²) in [5.41, 5.74) is 1.66. The van der Waals surface area contributed by atoms with Crippen LogP contribution >= 0.6 is 0 Å². The lowest BCUT2D eigenvalue weighted by Crippen LogP contribution is -2.49. The molecule has 4 rings (SSSR count). The van der Waals surface area contributed by atoms with Crippen LogP contribution in [0.1, 0.15) is 76.0 Å². The van der Waals surface area contributed by atoms with Gasteiger partial charge in [-0.15, -0.1) is 0 Å². The van der Waals surface area contributed by atoms with Gasteiger partial charge in [0.05, 0.1) is 11.5 Å². The predicted octanol–water partition coefficient (Wildman–Crippen LogP) is 5.70. The van der Waals surface area contributed by atoms with E-state index in [-0.39, 0.29) is 17.6 Å². The highest BCUT2D eigenvalue weighted by Crippen LogP contribution is 2.45. The lowest BCUT2D eigenvalue weighted by Gasteiger charge is -2.42. The maximum atomic E-state index is 13.7. The minimum absolute atomic E-state index is 0.00135. The number of hydrogen-bond donors (Lipinski definition) is 1. The Labute approximate surface area is 168 Å². The summed E-state index contributed by atoms with van der Waals surface area (Å²) in [6.45, 7) is 4.36. The van der Waals surface area contributed by atoms with Gasteiger partial charge < -0.3 is 10.1 Å². The van der Waals surface area contributed by atoms with Gasteiger partial charge in [-0.05, 0) is 37.3 Å². The maximum Gasteiger partial charge on any atom is 0.231 e. The zero-order valence-corrected chi connectivity index (χ0v) is 17.0. The van der Waals surface area contributed by atoms with Gasteiger partial charge in [-0.2, -0.15) is 0 Å². The molecule has 28 heavy (non-hydrogen) atoms. The molecule has 3 nitrogen and oxygen atoms in total. The highest BCUT2D eigenvalue weighted by Gasteiger charge is 2.45. The average Bonchev–Trinajstić information content (AvgIpc) is 3.25. The first kappa shape index (κ1) is 19.0. The number of fused-ring (bicyclic) bond motifs is 1. The summed E-state index contributed by atoms with van der Waals surface area (Å²) < 4.78 is 6.41. The van der Waals surface area contributed by atoms with Crippen molar-refractivity contribution in [1.82, 2.24) is 5.32 Å². The van der Waals surface area contributed by atoms with Gasteiger partial charge in [0.1, 0.15) is 11.4 Å². The first-order valence-corrected chi connectivity index (χ1v) is 10.8. The number of benzene rings is 2. The molecule has 3 heteroatoms. The third-order valence-electron chi connectivity index (χ3n) is 7.01. The van der Waals surface area contributed by atoms with Crippen molar-refractivity contribution in [3.8, 4) is 5.75 Å². The molecule has 2 aromatic rings. The van der Waals surface area contributed by atoms with Crippen LogP contribution in [0.25, 0.3) is 0 Å². The Bertz CT molecular complexity index is 819. The Hall–Kier alpha value is -2.29. The molecule has 2 aliphatic rings.